The third-order valence-electron chi connectivity index (χ3n) is 3.20. The van der Waals surface area contributed by atoms with E-state index in [-0.39, 0.29) is 11.4 Å². The van der Waals surface area contributed by atoms with Crippen molar-refractivity contribution in [1.82, 2.24) is 5.32 Å². The molecule has 1 aromatic rings. The largest absolute Gasteiger partial charge is 0.350 e. The summed E-state index contributed by atoms with van der Waals surface area (Å²) >= 11 is 11.9. The van der Waals surface area contributed by atoms with Crippen molar-refractivity contribution >= 4 is 29.1 Å². The molecule has 0 fully saturated rings. The second kappa shape index (κ2) is 6.41. The van der Waals surface area contributed by atoms with Gasteiger partial charge >= 0.3 is 0 Å². The zero-order valence-corrected chi connectivity index (χ0v) is 12.1. The van der Waals surface area contributed by atoms with Crippen LogP contribution in [0.3, 0.4) is 0 Å². The van der Waals surface area contributed by atoms with Crippen molar-refractivity contribution in [3.8, 4) is 0 Å². The third kappa shape index (κ3) is 3.61. The van der Waals surface area contributed by atoms with Gasteiger partial charge in [-0.1, -0.05) is 43.1 Å². The van der Waals surface area contributed by atoms with E-state index < -0.39 is 0 Å². The van der Waals surface area contributed by atoms with Crippen LogP contribution in [0.4, 0.5) is 0 Å². The van der Waals surface area contributed by atoms with E-state index in [2.05, 4.69) is 5.32 Å². The van der Waals surface area contributed by atoms with E-state index in [0.29, 0.717) is 22.2 Å². The molecule has 0 bridgehead atoms. The summed E-state index contributed by atoms with van der Waals surface area (Å²) in [5.74, 6) is -0.290. The maximum absolute atomic E-state index is 12.0. The highest BCUT2D eigenvalue weighted by atomic mass is 35.5. The molecule has 1 aromatic carbocycles. The molecule has 0 unspecified atom stereocenters. The molecule has 0 atom stereocenters. The van der Waals surface area contributed by atoms with E-state index in [0.717, 1.165) is 12.8 Å². The van der Waals surface area contributed by atoms with E-state index in [9.17, 15) is 4.79 Å². The summed E-state index contributed by atoms with van der Waals surface area (Å²) in [4.78, 5) is 12.0. The number of halogens is 2. The third-order valence-corrected chi connectivity index (χ3v) is 3.83. The van der Waals surface area contributed by atoms with E-state index >= 15 is 0 Å². The molecule has 0 saturated carbocycles. The lowest BCUT2D eigenvalue weighted by Gasteiger charge is -2.27. The van der Waals surface area contributed by atoms with Gasteiger partial charge in [0.15, 0.2) is 0 Å². The molecule has 1 amide bonds. The lowest BCUT2D eigenvalue weighted by atomic mass is 9.94. The van der Waals surface area contributed by atoms with Crippen LogP contribution in [0.15, 0.2) is 18.2 Å². The van der Waals surface area contributed by atoms with Gasteiger partial charge in [-0.2, -0.15) is 0 Å². The van der Waals surface area contributed by atoms with Crippen LogP contribution in [0.1, 0.15) is 37.0 Å². The highest BCUT2D eigenvalue weighted by Crippen LogP contribution is 2.24. The quantitative estimate of drug-likeness (QED) is 0.874. The second-order valence-electron chi connectivity index (χ2n) is 4.35. The van der Waals surface area contributed by atoms with Gasteiger partial charge < -0.3 is 11.1 Å². The van der Waals surface area contributed by atoms with Crippen LogP contribution >= 0.6 is 23.2 Å². The molecule has 0 aliphatic carbocycles. The van der Waals surface area contributed by atoms with Crippen LogP contribution in [0.25, 0.3) is 0 Å². The monoisotopic (exact) mass is 288 g/mol. The Kier molecular flexibility index (Phi) is 5.45. The maximum atomic E-state index is 12.0. The number of amides is 1. The van der Waals surface area contributed by atoms with Gasteiger partial charge in [0.05, 0.1) is 15.6 Å². The first-order valence-electron chi connectivity index (χ1n) is 5.94. The Morgan fingerprint density at radius 3 is 2.22 bits per heavy atom. The van der Waals surface area contributed by atoms with Gasteiger partial charge in [-0.05, 0) is 25.0 Å². The van der Waals surface area contributed by atoms with E-state index in [1.807, 2.05) is 13.8 Å². The van der Waals surface area contributed by atoms with Crippen LogP contribution in [-0.2, 0) is 0 Å². The molecule has 5 heteroatoms. The minimum absolute atomic E-state index is 0.290. The molecule has 3 N–H and O–H groups in total. The Morgan fingerprint density at radius 2 is 1.78 bits per heavy atom. The highest BCUT2D eigenvalue weighted by molar-refractivity contribution is 6.39. The molecular weight excluding hydrogens is 271 g/mol. The van der Waals surface area contributed by atoms with Crippen molar-refractivity contribution in [3.05, 3.63) is 33.8 Å². The maximum Gasteiger partial charge on any atom is 0.254 e. The molecule has 0 aromatic heterocycles. The number of carbonyl (C=O) groups is 1. The first-order valence-corrected chi connectivity index (χ1v) is 6.70. The SMILES string of the molecule is CCC(N)(CC)CNC(=O)c1c(Cl)cccc1Cl. The molecule has 0 heterocycles. The summed E-state index contributed by atoms with van der Waals surface area (Å²) < 4.78 is 0. The topological polar surface area (TPSA) is 55.1 Å². The minimum atomic E-state index is -0.386. The first-order chi connectivity index (χ1) is 8.43. The number of benzene rings is 1. The number of nitrogens with one attached hydrogen (secondary N) is 1. The van der Waals surface area contributed by atoms with Gasteiger partial charge in [-0.25, -0.2) is 0 Å². The van der Waals surface area contributed by atoms with E-state index in [1.54, 1.807) is 18.2 Å². The van der Waals surface area contributed by atoms with Crippen molar-refractivity contribution in [2.24, 2.45) is 5.73 Å². The number of hydrogen-bond acceptors (Lipinski definition) is 2. The fraction of sp³-hybridized carbons (Fsp3) is 0.462. The first kappa shape index (κ1) is 15.3. The molecular formula is C13H18Cl2N2O. The lowest BCUT2D eigenvalue weighted by Crippen LogP contribution is -2.49. The van der Waals surface area contributed by atoms with Crippen molar-refractivity contribution in [3.63, 3.8) is 0 Å². The second-order valence-corrected chi connectivity index (χ2v) is 5.16. The summed E-state index contributed by atoms with van der Waals surface area (Å²) in [6.07, 6.45) is 1.58. The molecule has 0 radical (unpaired) electrons. The zero-order valence-electron chi connectivity index (χ0n) is 10.6. The zero-order chi connectivity index (χ0) is 13.8. The Bertz CT molecular complexity index is 411. The number of nitrogens with two attached hydrogens (primary N) is 1. The van der Waals surface area contributed by atoms with Crippen LogP contribution in [-0.4, -0.2) is 18.0 Å². The summed E-state index contributed by atoms with van der Waals surface area (Å²) in [5.41, 5.74) is 6.03. The minimum Gasteiger partial charge on any atom is -0.350 e. The highest BCUT2D eigenvalue weighted by Gasteiger charge is 2.22. The van der Waals surface area contributed by atoms with E-state index in [4.69, 9.17) is 28.9 Å². The van der Waals surface area contributed by atoms with Crippen LogP contribution in [0.5, 0.6) is 0 Å². The van der Waals surface area contributed by atoms with E-state index in [1.165, 1.54) is 0 Å². The molecule has 100 valence electrons. The Labute approximate surface area is 118 Å². The summed E-state index contributed by atoms with van der Waals surface area (Å²) in [5, 5.41) is 3.48. The molecule has 0 spiro atoms. The Morgan fingerprint density at radius 1 is 1.28 bits per heavy atom. The van der Waals surface area contributed by atoms with Crippen molar-refractivity contribution in [2.75, 3.05) is 6.54 Å². The number of hydrogen-bond donors (Lipinski definition) is 2. The summed E-state index contributed by atoms with van der Waals surface area (Å²) in [6.45, 7) is 4.40. The van der Waals surface area contributed by atoms with Crippen LogP contribution in [0, 0.1) is 0 Å². The van der Waals surface area contributed by atoms with Crippen molar-refractivity contribution < 1.29 is 4.79 Å². The molecule has 3 nitrogen and oxygen atoms in total. The van der Waals surface area contributed by atoms with Gasteiger partial charge in [0.1, 0.15) is 0 Å². The summed E-state index contributed by atoms with van der Waals surface area (Å²) in [6, 6.07) is 4.97. The van der Waals surface area contributed by atoms with Gasteiger partial charge in [-0.15, -0.1) is 0 Å². The fourth-order valence-corrected chi connectivity index (χ4v) is 2.13. The standard InChI is InChI=1S/C13H18Cl2N2O/c1-3-13(16,4-2)8-17-12(18)11-9(14)6-5-7-10(11)15/h5-7H,3-4,8,16H2,1-2H3,(H,17,18). The van der Waals surface area contributed by atoms with Crippen molar-refractivity contribution in [2.45, 2.75) is 32.2 Å². The van der Waals surface area contributed by atoms with Crippen LogP contribution in [0.2, 0.25) is 10.0 Å². The number of rotatable bonds is 5. The molecule has 1 rings (SSSR count). The molecule has 0 aliphatic heterocycles. The predicted molar refractivity (Wildman–Crippen MR) is 76.3 cm³/mol. The average Bonchev–Trinajstić information content (AvgIpc) is 2.36. The number of carbonyl (C=O) groups excluding carboxylic acids is 1. The van der Waals surface area contributed by atoms with Crippen LogP contribution < -0.4 is 11.1 Å². The van der Waals surface area contributed by atoms with Gasteiger partial charge in [0, 0.05) is 12.1 Å². The molecule has 0 aliphatic rings. The van der Waals surface area contributed by atoms with Gasteiger partial charge in [0.2, 0.25) is 0 Å². The summed E-state index contributed by atoms with van der Waals surface area (Å²) in [7, 11) is 0. The Balaban J connectivity index is 2.78. The normalized spacial score (nSPS) is 11.4. The van der Waals surface area contributed by atoms with Gasteiger partial charge in [-0.3, -0.25) is 4.79 Å². The average molecular weight is 289 g/mol. The molecule has 18 heavy (non-hydrogen) atoms. The molecule has 0 saturated heterocycles. The predicted octanol–water partition coefficient (Wildman–Crippen LogP) is 3.24. The lowest BCUT2D eigenvalue weighted by molar-refractivity contribution is 0.0942. The smallest absolute Gasteiger partial charge is 0.254 e. The Hall–Kier alpha value is -0.770. The van der Waals surface area contributed by atoms with Crippen molar-refractivity contribution in [1.29, 1.82) is 0 Å². The fourth-order valence-electron chi connectivity index (χ4n) is 1.56. The van der Waals surface area contributed by atoms with Gasteiger partial charge in [0.25, 0.3) is 5.91 Å².